The van der Waals surface area contributed by atoms with Crippen molar-refractivity contribution >= 4 is 5.91 Å². The molecule has 1 aromatic carbocycles. The molecule has 3 N–H and O–H groups in total. The monoisotopic (exact) mass is 270 g/mol. The number of nitrogens with zero attached hydrogens (tertiary/aromatic N) is 2. The van der Waals surface area contributed by atoms with Crippen molar-refractivity contribution in [2.75, 3.05) is 0 Å². The number of alkyl halides is 3. The summed E-state index contributed by atoms with van der Waals surface area (Å²) in [5, 5.41) is 9.34. The van der Waals surface area contributed by atoms with E-state index in [-0.39, 0.29) is 22.5 Å². The Hall–Kier alpha value is -2.38. The van der Waals surface area contributed by atoms with Crippen molar-refractivity contribution < 1.29 is 18.0 Å². The first-order valence-electron chi connectivity index (χ1n) is 5.19. The van der Waals surface area contributed by atoms with Crippen molar-refractivity contribution in [1.29, 1.82) is 0 Å². The molecule has 0 aliphatic rings. The highest BCUT2D eigenvalue weighted by molar-refractivity contribution is 5.96. The quantitative estimate of drug-likeness (QED) is 0.874. The number of nitrogens with two attached hydrogens (primary N) is 1. The first kappa shape index (κ1) is 13.1. The van der Waals surface area contributed by atoms with Gasteiger partial charge in [0.25, 0.3) is 5.91 Å². The summed E-state index contributed by atoms with van der Waals surface area (Å²) < 4.78 is 38.4. The van der Waals surface area contributed by atoms with Crippen LogP contribution in [0.3, 0.4) is 0 Å². The van der Waals surface area contributed by atoms with Gasteiger partial charge in [-0.25, -0.2) is 0 Å². The second-order valence-electron chi connectivity index (χ2n) is 3.91. The SMILES string of the molecule is Cc1ccc(-c2n[nH]nc2C(N)=O)cc1C(F)(F)F. The van der Waals surface area contributed by atoms with E-state index in [9.17, 15) is 18.0 Å². The van der Waals surface area contributed by atoms with Gasteiger partial charge in [0, 0.05) is 5.56 Å². The number of halogens is 3. The zero-order valence-electron chi connectivity index (χ0n) is 9.75. The summed E-state index contributed by atoms with van der Waals surface area (Å²) in [5.74, 6) is -0.863. The van der Waals surface area contributed by atoms with Crippen molar-refractivity contribution in [2.45, 2.75) is 13.1 Å². The van der Waals surface area contributed by atoms with E-state index in [1.165, 1.54) is 19.1 Å². The highest BCUT2D eigenvalue weighted by Crippen LogP contribution is 2.34. The minimum atomic E-state index is -4.48. The topological polar surface area (TPSA) is 84.7 Å². The molecule has 1 aromatic heterocycles. The standard InChI is InChI=1S/C11H9F3N4O/c1-5-2-3-6(4-7(5)11(12,13)14)8-9(10(15)19)17-18-16-8/h2-4H,1H3,(H2,15,19)(H,16,17,18). The van der Waals surface area contributed by atoms with E-state index in [0.717, 1.165) is 6.07 Å². The predicted octanol–water partition coefficient (Wildman–Crippen LogP) is 1.90. The highest BCUT2D eigenvalue weighted by atomic mass is 19.4. The predicted molar refractivity (Wildman–Crippen MR) is 60.1 cm³/mol. The maximum absolute atomic E-state index is 12.8. The second kappa shape index (κ2) is 4.38. The molecule has 1 amide bonds. The van der Waals surface area contributed by atoms with Crippen LogP contribution in [-0.4, -0.2) is 21.3 Å². The van der Waals surface area contributed by atoms with E-state index in [2.05, 4.69) is 15.4 Å². The summed E-state index contributed by atoms with van der Waals surface area (Å²) in [6.07, 6.45) is -4.48. The van der Waals surface area contributed by atoms with Gasteiger partial charge in [-0.2, -0.15) is 28.6 Å². The van der Waals surface area contributed by atoms with Gasteiger partial charge in [-0.15, -0.1) is 0 Å². The number of rotatable bonds is 2. The average molecular weight is 270 g/mol. The molecule has 5 nitrogen and oxygen atoms in total. The van der Waals surface area contributed by atoms with Crippen LogP contribution in [-0.2, 0) is 6.18 Å². The van der Waals surface area contributed by atoms with Crippen LogP contribution in [0.5, 0.6) is 0 Å². The Labute approximate surface area is 105 Å². The number of primary amides is 1. The van der Waals surface area contributed by atoms with Crippen LogP contribution in [0.2, 0.25) is 0 Å². The third-order valence-corrected chi connectivity index (χ3v) is 2.60. The fourth-order valence-corrected chi connectivity index (χ4v) is 1.68. The second-order valence-corrected chi connectivity index (χ2v) is 3.91. The van der Waals surface area contributed by atoms with E-state index >= 15 is 0 Å². The van der Waals surface area contributed by atoms with Crippen LogP contribution in [0.4, 0.5) is 13.2 Å². The minimum Gasteiger partial charge on any atom is -0.364 e. The number of benzene rings is 1. The molecule has 0 fully saturated rings. The van der Waals surface area contributed by atoms with E-state index in [4.69, 9.17) is 5.73 Å². The Bertz CT molecular complexity index is 633. The largest absolute Gasteiger partial charge is 0.416 e. The van der Waals surface area contributed by atoms with Crippen molar-refractivity contribution in [3.63, 3.8) is 0 Å². The molecule has 1 heterocycles. The number of carbonyl (C=O) groups is 1. The molecule has 0 unspecified atom stereocenters. The molecule has 19 heavy (non-hydrogen) atoms. The highest BCUT2D eigenvalue weighted by Gasteiger charge is 2.33. The number of hydrogen-bond donors (Lipinski definition) is 2. The molecule has 0 bridgehead atoms. The Balaban J connectivity index is 2.58. The Morgan fingerprint density at radius 2 is 2.00 bits per heavy atom. The molecular formula is C11H9F3N4O. The van der Waals surface area contributed by atoms with Gasteiger partial charge in [-0.3, -0.25) is 4.79 Å². The van der Waals surface area contributed by atoms with E-state index in [1.807, 2.05) is 0 Å². The first-order chi connectivity index (χ1) is 8.80. The van der Waals surface area contributed by atoms with Crippen LogP contribution in [0.1, 0.15) is 21.6 Å². The van der Waals surface area contributed by atoms with Crippen molar-refractivity contribution in [3.8, 4) is 11.3 Å². The maximum atomic E-state index is 12.8. The van der Waals surface area contributed by atoms with Gasteiger partial charge in [0.05, 0.1) is 5.56 Å². The smallest absolute Gasteiger partial charge is 0.364 e. The molecule has 2 aromatic rings. The number of H-pyrrole nitrogens is 1. The number of nitrogens with one attached hydrogen (secondary N) is 1. The van der Waals surface area contributed by atoms with Crippen molar-refractivity contribution in [1.82, 2.24) is 15.4 Å². The summed E-state index contributed by atoms with van der Waals surface area (Å²) in [6, 6.07) is 3.64. The van der Waals surface area contributed by atoms with Gasteiger partial charge in [0.2, 0.25) is 0 Å². The summed E-state index contributed by atoms with van der Waals surface area (Å²) in [5.41, 5.74) is 4.29. The number of aromatic amines is 1. The molecule has 0 spiro atoms. The number of hydrogen-bond acceptors (Lipinski definition) is 3. The fourth-order valence-electron chi connectivity index (χ4n) is 1.68. The van der Waals surface area contributed by atoms with Crippen molar-refractivity contribution in [2.24, 2.45) is 5.73 Å². The molecule has 8 heteroatoms. The summed E-state index contributed by atoms with van der Waals surface area (Å²) in [7, 11) is 0. The Morgan fingerprint density at radius 3 is 2.58 bits per heavy atom. The third-order valence-electron chi connectivity index (χ3n) is 2.60. The van der Waals surface area contributed by atoms with Gasteiger partial charge in [-0.05, 0) is 18.6 Å². The molecule has 100 valence electrons. The molecule has 0 saturated heterocycles. The van der Waals surface area contributed by atoms with Gasteiger partial charge >= 0.3 is 6.18 Å². The van der Waals surface area contributed by atoms with Crippen LogP contribution in [0.25, 0.3) is 11.3 Å². The van der Waals surface area contributed by atoms with Gasteiger partial charge in [-0.1, -0.05) is 12.1 Å². The Kier molecular flexibility index (Phi) is 3.01. The molecular weight excluding hydrogens is 261 g/mol. The zero-order chi connectivity index (χ0) is 14.2. The summed E-state index contributed by atoms with van der Waals surface area (Å²) >= 11 is 0. The first-order valence-corrected chi connectivity index (χ1v) is 5.19. The normalized spacial score (nSPS) is 11.6. The number of amides is 1. The van der Waals surface area contributed by atoms with Gasteiger partial charge in [0.15, 0.2) is 5.69 Å². The van der Waals surface area contributed by atoms with Gasteiger partial charge < -0.3 is 5.73 Å². The van der Waals surface area contributed by atoms with Gasteiger partial charge in [0.1, 0.15) is 5.69 Å². The minimum absolute atomic E-state index is 0.00185. The number of carbonyl (C=O) groups excluding carboxylic acids is 1. The van der Waals surface area contributed by atoms with Crippen molar-refractivity contribution in [3.05, 3.63) is 35.0 Å². The lowest BCUT2D eigenvalue weighted by atomic mass is 10.0. The molecule has 0 atom stereocenters. The lowest BCUT2D eigenvalue weighted by Gasteiger charge is -2.11. The lowest BCUT2D eigenvalue weighted by Crippen LogP contribution is -2.13. The van der Waals surface area contributed by atoms with E-state index in [0.29, 0.717) is 0 Å². The molecule has 0 aliphatic heterocycles. The van der Waals surface area contributed by atoms with E-state index < -0.39 is 17.6 Å². The number of aryl methyl sites for hydroxylation is 1. The third kappa shape index (κ3) is 2.42. The summed E-state index contributed by atoms with van der Waals surface area (Å²) in [6.45, 7) is 1.35. The lowest BCUT2D eigenvalue weighted by molar-refractivity contribution is -0.138. The zero-order valence-corrected chi connectivity index (χ0v) is 9.75. The number of aromatic nitrogens is 3. The Morgan fingerprint density at radius 1 is 1.32 bits per heavy atom. The average Bonchev–Trinajstić information content (AvgIpc) is 2.77. The molecule has 0 radical (unpaired) electrons. The maximum Gasteiger partial charge on any atom is 0.416 e. The van der Waals surface area contributed by atoms with Crippen LogP contribution < -0.4 is 5.73 Å². The van der Waals surface area contributed by atoms with Crippen LogP contribution >= 0.6 is 0 Å². The van der Waals surface area contributed by atoms with E-state index in [1.54, 1.807) is 0 Å². The fraction of sp³-hybridized carbons (Fsp3) is 0.182. The molecule has 0 saturated carbocycles. The molecule has 0 aliphatic carbocycles. The summed E-state index contributed by atoms with van der Waals surface area (Å²) in [4.78, 5) is 11.1. The van der Waals surface area contributed by atoms with Crippen LogP contribution in [0.15, 0.2) is 18.2 Å². The molecule has 2 rings (SSSR count). The van der Waals surface area contributed by atoms with Crippen LogP contribution in [0, 0.1) is 6.92 Å².